The first-order valence-corrected chi connectivity index (χ1v) is 7.14. The first-order chi connectivity index (χ1) is 11.3. The van der Waals surface area contributed by atoms with Crippen LogP contribution >= 0.6 is 0 Å². The zero-order valence-corrected chi connectivity index (χ0v) is 12.5. The lowest BCUT2D eigenvalue weighted by Gasteiger charge is -2.12. The van der Waals surface area contributed by atoms with E-state index in [1.54, 1.807) is 19.2 Å². The highest BCUT2D eigenvalue weighted by Gasteiger charge is 2.31. The third-order valence-corrected chi connectivity index (χ3v) is 4.03. The van der Waals surface area contributed by atoms with Gasteiger partial charge in [0.25, 0.3) is 0 Å². The third kappa shape index (κ3) is 2.12. The van der Waals surface area contributed by atoms with Crippen molar-refractivity contribution in [1.29, 1.82) is 0 Å². The molecule has 0 amide bonds. The number of ether oxygens (including phenoxy) is 1. The van der Waals surface area contributed by atoms with Gasteiger partial charge in [-0.3, -0.25) is 8.97 Å². The Labute approximate surface area is 133 Å². The van der Waals surface area contributed by atoms with Gasteiger partial charge >= 0.3 is 12.1 Å². The van der Waals surface area contributed by atoms with Crippen LogP contribution in [0.4, 0.5) is 13.2 Å². The summed E-state index contributed by atoms with van der Waals surface area (Å²) in [5.41, 5.74) is 1.52. The Bertz CT molecular complexity index is 1160. The summed E-state index contributed by atoms with van der Waals surface area (Å²) in [5.74, 6) is -0.319. The molecule has 7 heteroatoms. The molecule has 0 radical (unpaired) electrons. The van der Waals surface area contributed by atoms with E-state index in [0.29, 0.717) is 21.9 Å². The maximum atomic E-state index is 12.6. The predicted molar refractivity (Wildman–Crippen MR) is 84.3 cm³/mol. The number of aryl methyl sites for hydroxylation is 1. The summed E-state index contributed by atoms with van der Waals surface area (Å²) in [4.78, 5) is 12.6. The van der Waals surface area contributed by atoms with Crippen LogP contribution in [-0.2, 0) is 7.05 Å². The van der Waals surface area contributed by atoms with Gasteiger partial charge < -0.3 is 4.74 Å². The van der Waals surface area contributed by atoms with Crippen LogP contribution in [0.5, 0.6) is 5.75 Å². The number of fused-ring (bicyclic) bond motifs is 5. The molecule has 0 unspecified atom stereocenters. The second kappa shape index (κ2) is 4.77. The van der Waals surface area contributed by atoms with Crippen LogP contribution in [0.15, 0.2) is 53.3 Å². The quantitative estimate of drug-likeness (QED) is 0.531. The van der Waals surface area contributed by atoms with Gasteiger partial charge in [0.1, 0.15) is 5.75 Å². The van der Waals surface area contributed by atoms with Gasteiger partial charge in [-0.25, -0.2) is 4.79 Å². The number of benzene rings is 2. The zero-order valence-electron chi connectivity index (χ0n) is 12.5. The van der Waals surface area contributed by atoms with E-state index >= 15 is 0 Å². The molecule has 4 rings (SSSR count). The first-order valence-electron chi connectivity index (χ1n) is 7.14. The summed E-state index contributed by atoms with van der Waals surface area (Å²) in [7, 11) is 1.59. The van der Waals surface area contributed by atoms with Crippen molar-refractivity contribution in [2.45, 2.75) is 6.36 Å². The van der Waals surface area contributed by atoms with Gasteiger partial charge in [0.2, 0.25) is 0 Å². The molecule has 2 heterocycles. The van der Waals surface area contributed by atoms with Crippen molar-refractivity contribution in [2.75, 3.05) is 0 Å². The predicted octanol–water partition coefficient (Wildman–Crippen LogP) is 3.84. The van der Waals surface area contributed by atoms with Crippen LogP contribution in [-0.4, -0.2) is 15.3 Å². The SMILES string of the molecule is Cn1c(=O)n2c3ccccc3cc2c2cc(OC(F)(F)F)ccc21. The van der Waals surface area contributed by atoms with E-state index in [-0.39, 0.29) is 11.4 Å². The summed E-state index contributed by atoms with van der Waals surface area (Å²) in [6.07, 6.45) is -4.77. The van der Waals surface area contributed by atoms with E-state index in [9.17, 15) is 18.0 Å². The molecule has 0 fully saturated rings. The molecule has 24 heavy (non-hydrogen) atoms. The van der Waals surface area contributed by atoms with Crippen molar-refractivity contribution in [3.63, 3.8) is 0 Å². The fourth-order valence-electron chi connectivity index (χ4n) is 3.02. The highest BCUT2D eigenvalue weighted by atomic mass is 19.4. The van der Waals surface area contributed by atoms with E-state index in [4.69, 9.17) is 0 Å². The number of rotatable bonds is 1. The minimum atomic E-state index is -4.77. The van der Waals surface area contributed by atoms with E-state index in [1.807, 2.05) is 18.2 Å². The second-order valence-corrected chi connectivity index (χ2v) is 5.49. The van der Waals surface area contributed by atoms with Crippen LogP contribution < -0.4 is 10.4 Å². The van der Waals surface area contributed by atoms with E-state index in [0.717, 1.165) is 5.39 Å². The Hall–Kier alpha value is -2.96. The van der Waals surface area contributed by atoms with E-state index < -0.39 is 6.36 Å². The molecule has 0 aliphatic carbocycles. The Morgan fingerprint density at radius 2 is 1.71 bits per heavy atom. The molecule has 0 aliphatic heterocycles. The maximum absolute atomic E-state index is 12.6. The summed E-state index contributed by atoms with van der Waals surface area (Å²) < 4.78 is 44.4. The van der Waals surface area contributed by atoms with Gasteiger partial charge in [0.15, 0.2) is 0 Å². The minimum absolute atomic E-state index is 0.261. The number of para-hydroxylation sites is 1. The highest BCUT2D eigenvalue weighted by Crippen LogP contribution is 2.30. The Morgan fingerprint density at radius 3 is 2.46 bits per heavy atom. The van der Waals surface area contributed by atoms with E-state index in [2.05, 4.69) is 4.74 Å². The van der Waals surface area contributed by atoms with Crippen molar-refractivity contribution >= 4 is 27.3 Å². The Morgan fingerprint density at radius 1 is 0.958 bits per heavy atom. The molecule has 4 aromatic rings. The molecule has 0 N–H and O–H groups in total. The van der Waals surface area contributed by atoms with Crippen LogP contribution in [0.3, 0.4) is 0 Å². The normalized spacial score (nSPS) is 12.3. The highest BCUT2D eigenvalue weighted by molar-refractivity contribution is 6.01. The van der Waals surface area contributed by atoms with Gasteiger partial charge in [0, 0.05) is 17.8 Å². The van der Waals surface area contributed by atoms with E-state index in [1.165, 1.54) is 27.2 Å². The van der Waals surface area contributed by atoms with Gasteiger partial charge in [-0.05, 0) is 30.3 Å². The number of halogens is 3. The smallest absolute Gasteiger partial charge is 0.406 e. The largest absolute Gasteiger partial charge is 0.573 e. The average Bonchev–Trinajstić information content (AvgIpc) is 2.91. The number of alkyl halides is 3. The lowest BCUT2D eigenvalue weighted by atomic mass is 10.2. The van der Waals surface area contributed by atoms with Crippen molar-refractivity contribution in [1.82, 2.24) is 8.97 Å². The molecular weight excluding hydrogens is 321 g/mol. The molecule has 0 saturated heterocycles. The Kier molecular flexibility index (Phi) is 2.90. The molecule has 4 nitrogen and oxygen atoms in total. The van der Waals surface area contributed by atoms with Crippen molar-refractivity contribution in [3.8, 4) is 5.75 Å². The van der Waals surface area contributed by atoms with Gasteiger partial charge in [-0.15, -0.1) is 13.2 Å². The molecule has 0 spiro atoms. The van der Waals surface area contributed by atoms with Crippen LogP contribution in [0.2, 0.25) is 0 Å². The first kappa shape index (κ1) is 14.6. The summed E-state index contributed by atoms with van der Waals surface area (Å²) in [6, 6.07) is 13.0. The molecule has 0 atom stereocenters. The number of hydrogen-bond donors (Lipinski definition) is 0. The molecule has 2 aromatic carbocycles. The lowest BCUT2D eigenvalue weighted by molar-refractivity contribution is -0.274. The topological polar surface area (TPSA) is 35.6 Å². The summed E-state index contributed by atoms with van der Waals surface area (Å²) in [5, 5.41) is 1.35. The Balaban J connectivity index is 2.14. The maximum Gasteiger partial charge on any atom is 0.573 e. The average molecular weight is 332 g/mol. The molecule has 122 valence electrons. The van der Waals surface area contributed by atoms with Gasteiger partial charge in [0.05, 0.1) is 16.6 Å². The van der Waals surface area contributed by atoms with Crippen LogP contribution in [0.25, 0.3) is 27.3 Å². The number of aromatic nitrogens is 2. The number of nitrogens with zero attached hydrogens (tertiary/aromatic N) is 2. The fourth-order valence-corrected chi connectivity index (χ4v) is 3.02. The fraction of sp³-hybridized carbons (Fsp3) is 0.118. The third-order valence-electron chi connectivity index (χ3n) is 4.03. The standard InChI is InChI=1S/C17H11F3N2O2/c1-21-14-7-6-11(24-17(18,19)20)9-12(14)15-8-10-4-2-3-5-13(10)22(15)16(21)23/h2-9H,1H3. The van der Waals surface area contributed by atoms with Gasteiger partial charge in [-0.2, -0.15) is 0 Å². The summed E-state index contributed by atoms with van der Waals surface area (Å²) in [6.45, 7) is 0. The number of hydrogen-bond acceptors (Lipinski definition) is 2. The lowest BCUT2D eigenvalue weighted by Crippen LogP contribution is -2.24. The zero-order chi connectivity index (χ0) is 17.1. The van der Waals surface area contributed by atoms with Crippen LogP contribution in [0, 0.1) is 0 Å². The molecule has 0 aliphatic rings. The minimum Gasteiger partial charge on any atom is -0.406 e. The van der Waals surface area contributed by atoms with Gasteiger partial charge in [-0.1, -0.05) is 18.2 Å². The monoisotopic (exact) mass is 332 g/mol. The second-order valence-electron chi connectivity index (χ2n) is 5.49. The molecule has 0 saturated carbocycles. The molecule has 2 aromatic heterocycles. The van der Waals surface area contributed by atoms with Crippen molar-refractivity contribution in [3.05, 3.63) is 59.0 Å². The molecular formula is C17H11F3N2O2. The van der Waals surface area contributed by atoms with Crippen LogP contribution in [0.1, 0.15) is 0 Å². The molecule has 0 bridgehead atoms. The summed E-state index contributed by atoms with van der Waals surface area (Å²) >= 11 is 0. The van der Waals surface area contributed by atoms with Crippen molar-refractivity contribution < 1.29 is 17.9 Å². The van der Waals surface area contributed by atoms with Crippen molar-refractivity contribution in [2.24, 2.45) is 7.05 Å².